The Labute approximate surface area is 98.1 Å². The van der Waals surface area contributed by atoms with Crippen LogP contribution in [0.2, 0.25) is 0 Å². The summed E-state index contributed by atoms with van der Waals surface area (Å²) in [7, 11) is 0. The molecular weight excluding hydrogens is 196 g/mol. The Balaban J connectivity index is 2.33. The van der Waals surface area contributed by atoms with E-state index in [1.54, 1.807) is 0 Å². The average Bonchev–Trinajstić information content (AvgIpc) is 2.28. The third-order valence-corrected chi connectivity index (χ3v) is 3.30. The summed E-state index contributed by atoms with van der Waals surface area (Å²) in [5, 5.41) is 0. The van der Waals surface area contributed by atoms with Crippen LogP contribution in [-0.2, 0) is 5.41 Å². The first kappa shape index (κ1) is 11.3. The molecule has 1 nitrogen and oxygen atoms in total. The van der Waals surface area contributed by atoms with Crippen molar-refractivity contribution in [2.45, 2.75) is 39.0 Å². The van der Waals surface area contributed by atoms with Crippen molar-refractivity contribution in [3.8, 4) is 5.75 Å². The van der Waals surface area contributed by atoms with E-state index in [9.17, 15) is 0 Å². The van der Waals surface area contributed by atoms with Gasteiger partial charge >= 0.3 is 0 Å². The molecule has 0 bridgehead atoms. The van der Waals surface area contributed by atoms with Crippen LogP contribution in [0.15, 0.2) is 24.3 Å². The molecule has 0 saturated heterocycles. The number of benzene rings is 1. The number of rotatable bonds is 3. The van der Waals surface area contributed by atoms with Gasteiger partial charge in [-0.1, -0.05) is 45.4 Å². The van der Waals surface area contributed by atoms with E-state index in [0.717, 1.165) is 5.75 Å². The van der Waals surface area contributed by atoms with Gasteiger partial charge in [0.25, 0.3) is 0 Å². The van der Waals surface area contributed by atoms with E-state index < -0.39 is 0 Å². The number of ether oxygens (including phenoxy) is 1. The second-order valence-electron chi connectivity index (χ2n) is 5.10. The van der Waals surface area contributed by atoms with Crippen molar-refractivity contribution in [3.63, 3.8) is 0 Å². The highest BCUT2D eigenvalue weighted by molar-refractivity contribution is 5.60. The van der Waals surface area contributed by atoms with Crippen molar-refractivity contribution in [1.82, 2.24) is 0 Å². The van der Waals surface area contributed by atoms with Crippen molar-refractivity contribution in [3.05, 3.63) is 35.4 Å². The van der Waals surface area contributed by atoms with Gasteiger partial charge in [0.05, 0.1) is 0 Å². The molecule has 0 saturated carbocycles. The Morgan fingerprint density at radius 2 is 2.12 bits per heavy atom. The Morgan fingerprint density at radius 3 is 2.88 bits per heavy atom. The molecule has 0 amide bonds. The molecule has 0 unspecified atom stereocenters. The smallest absolute Gasteiger partial charge is 0.127 e. The maximum absolute atomic E-state index is 5.65. The van der Waals surface area contributed by atoms with Gasteiger partial charge < -0.3 is 4.74 Å². The molecular formula is C15H20O. The van der Waals surface area contributed by atoms with Gasteiger partial charge in [0, 0.05) is 5.56 Å². The summed E-state index contributed by atoms with van der Waals surface area (Å²) in [5.41, 5.74) is 2.82. The van der Waals surface area contributed by atoms with E-state index in [1.807, 2.05) is 0 Å². The first-order valence-corrected chi connectivity index (χ1v) is 6.07. The molecule has 0 fully saturated rings. The highest BCUT2D eigenvalue weighted by Gasteiger charge is 2.20. The van der Waals surface area contributed by atoms with Crippen molar-refractivity contribution >= 4 is 6.08 Å². The predicted molar refractivity (Wildman–Crippen MR) is 68.9 cm³/mol. The molecule has 1 aliphatic rings. The first-order chi connectivity index (χ1) is 7.63. The number of hydrogen-bond acceptors (Lipinski definition) is 1. The predicted octanol–water partition coefficient (Wildman–Crippen LogP) is 4.17. The van der Waals surface area contributed by atoms with E-state index in [-0.39, 0.29) is 5.41 Å². The summed E-state index contributed by atoms with van der Waals surface area (Å²) in [6.07, 6.45) is 6.61. The second-order valence-corrected chi connectivity index (χ2v) is 5.10. The third-order valence-electron chi connectivity index (χ3n) is 3.30. The van der Waals surface area contributed by atoms with Crippen molar-refractivity contribution < 1.29 is 4.74 Å². The third kappa shape index (κ3) is 2.13. The quantitative estimate of drug-likeness (QED) is 0.736. The lowest BCUT2D eigenvalue weighted by molar-refractivity contribution is 0.356. The molecule has 1 aliphatic heterocycles. The standard InChI is InChI=1S/C15H20O/c1-4-9-15(2,3)13-8-7-12-6-5-10-16-14(12)11-13/h5-8,11H,4,9-10H2,1-3H3. The zero-order chi connectivity index (χ0) is 11.6. The normalized spacial score (nSPS) is 14.4. The Hall–Kier alpha value is -1.24. The van der Waals surface area contributed by atoms with Gasteiger partial charge in [-0.05, 0) is 29.5 Å². The van der Waals surface area contributed by atoms with Gasteiger partial charge in [0.15, 0.2) is 0 Å². The molecule has 0 N–H and O–H groups in total. The van der Waals surface area contributed by atoms with Crippen molar-refractivity contribution in [2.75, 3.05) is 6.61 Å². The zero-order valence-electron chi connectivity index (χ0n) is 10.4. The van der Waals surface area contributed by atoms with Crippen LogP contribution in [0.5, 0.6) is 5.75 Å². The summed E-state index contributed by atoms with van der Waals surface area (Å²) >= 11 is 0. The minimum atomic E-state index is 0.244. The maximum atomic E-state index is 5.65. The van der Waals surface area contributed by atoms with Crippen LogP contribution >= 0.6 is 0 Å². The topological polar surface area (TPSA) is 9.23 Å². The lowest BCUT2D eigenvalue weighted by Gasteiger charge is -2.26. The largest absolute Gasteiger partial charge is 0.489 e. The molecule has 1 heterocycles. The molecule has 1 aromatic rings. The molecule has 0 spiro atoms. The summed E-state index contributed by atoms with van der Waals surface area (Å²) < 4.78 is 5.65. The highest BCUT2D eigenvalue weighted by Crippen LogP contribution is 2.33. The van der Waals surface area contributed by atoms with E-state index >= 15 is 0 Å². The van der Waals surface area contributed by atoms with Crippen LogP contribution in [0.25, 0.3) is 6.08 Å². The molecule has 86 valence electrons. The fraction of sp³-hybridized carbons (Fsp3) is 0.467. The summed E-state index contributed by atoms with van der Waals surface area (Å²) in [6.45, 7) is 7.54. The molecule has 0 aliphatic carbocycles. The Kier molecular flexibility index (Phi) is 3.04. The first-order valence-electron chi connectivity index (χ1n) is 6.07. The average molecular weight is 216 g/mol. The van der Waals surface area contributed by atoms with Crippen LogP contribution < -0.4 is 4.74 Å². The number of fused-ring (bicyclic) bond motifs is 1. The van der Waals surface area contributed by atoms with Crippen LogP contribution in [-0.4, -0.2) is 6.61 Å². The summed E-state index contributed by atoms with van der Waals surface area (Å²) in [4.78, 5) is 0. The maximum Gasteiger partial charge on any atom is 0.127 e. The van der Waals surface area contributed by atoms with E-state index in [2.05, 4.69) is 51.1 Å². The van der Waals surface area contributed by atoms with Crippen molar-refractivity contribution in [1.29, 1.82) is 0 Å². The summed E-state index contributed by atoms with van der Waals surface area (Å²) in [5.74, 6) is 1.03. The van der Waals surface area contributed by atoms with Crippen LogP contribution in [0, 0.1) is 0 Å². The molecule has 1 aromatic carbocycles. The van der Waals surface area contributed by atoms with Gasteiger partial charge in [0.1, 0.15) is 12.4 Å². The SMILES string of the molecule is CCCC(C)(C)c1ccc2c(c1)OCC=C2. The van der Waals surface area contributed by atoms with Gasteiger partial charge in [-0.15, -0.1) is 0 Å². The number of hydrogen-bond donors (Lipinski definition) is 0. The van der Waals surface area contributed by atoms with Crippen molar-refractivity contribution in [2.24, 2.45) is 0 Å². The molecule has 0 atom stereocenters. The van der Waals surface area contributed by atoms with Crippen LogP contribution in [0.4, 0.5) is 0 Å². The molecule has 16 heavy (non-hydrogen) atoms. The van der Waals surface area contributed by atoms with Crippen LogP contribution in [0.1, 0.15) is 44.7 Å². The van der Waals surface area contributed by atoms with Gasteiger partial charge in [-0.2, -0.15) is 0 Å². The highest BCUT2D eigenvalue weighted by atomic mass is 16.5. The minimum Gasteiger partial charge on any atom is -0.489 e. The van der Waals surface area contributed by atoms with Gasteiger partial charge in [-0.3, -0.25) is 0 Å². The fourth-order valence-corrected chi connectivity index (χ4v) is 2.30. The zero-order valence-corrected chi connectivity index (χ0v) is 10.4. The molecule has 0 aromatic heterocycles. The molecule has 1 heteroatoms. The summed E-state index contributed by atoms with van der Waals surface area (Å²) in [6, 6.07) is 6.60. The van der Waals surface area contributed by atoms with Gasteiger partial charge in [0.2, 0.25) is 0 Å². The fourth-order valence-electron chi connectivity index (χ4n) is 2.30. The Bertz CT molecular complexity index is 402. The Morgan fingerprint density at radius 1 is 1.31 bits per heavy atom. The minimum absolute atomic E-state index is 0.244. The molecule has 2 rings (SSSR count). The second kappa shape index (κ2) is 4.32. The van der Waals surface area contributed by atoms with E-state index in [0.29, 0.717) is 6.61 Å². The van der Waals surface area contributed by atoms with Gasteiger partial charge in [-0.25, -0.2) is 0 Å². The van der Waals surface area contributed by atoms with Crippen LogP contribution in [0.3, 0.4) is 0 Å². The van der Waals surface area contributed by atoms with E-state index in [1.165, 1.54) is 24.0 Å². The lowest BCUT2D eigenvalue weighted by atomic mass is 9.80. The monoisotopic (exact) mass is 216 g/mol. The molecule has 0 radical (unpaired) electrons. The lowest BCUT2D eigenvalue weighted by Crippen LogP contribution is -2.17. The van der Waals surface area contributed by atoms with E-state index in [4.69, 9.17) is 4.74 Å².